The van der Waals surface area contributed by atoms with E-state index in [1.807, 2.05) is 24.0 Å². The van der Waals surface area contributed by atoms with Crippen molar-refractivity contribution in [3.05, 3.63) is 67.1 Å². The number of hydrogen-bond donors (Lipinski definition) is 1. The predicted molar refractivity (Wildman–Crippen MR) is 114 cm³/mol. The molecule has 0 spiro atoms. The number of hydrogen-bond acceptors (Lipinski definition) is 5. The lowest BCUT2D eigenvalue weighted by Gasteiger charge is -2.36. The van der Waals surface area contributed by atoms with Crippen LogP contribution in [0.15, 0.2) is 61.4 Å². The Morgan fingerprint density at radius 1 is 1.20 bits per heavy atom. The van der Waals surface area contributed by atoms with Crippen LogP contribution in [0.1, 0.15) is 5.69 Å². The van der Waals surface area contributed by atoms with Crippen molar-refractivity contribution < 1.29 is 0 Å². The maximum absolute atomic E-state index is 4.59. The first-order chi connectivity index (χ1) is 12.3. The lowest BCUT2D eigenvalue weighted by molar-refractivity contribution is 0.518. The first-order valence-electron chi connectivity index (χ1n) is 8.30. The van der Waals surface area contributed by atoms with Crippen molar-refractivity contribution in [2.75, 3.05) is 34.2 Å². The average Bonchev–Trinajstić information content (AvgIpc) is 2.68. The third kappa shape index (κ3) is 4.87. The number of benzene rings is 1. The van der Waals surface area contributed by atoms with Crippen LogP contribution in [-0.4, -0.2) is 39.8 Å². The molecule has 1 atom stereocenters. The molecule has 25 heavy (non-hydrogen) atoms. The third-order valence-corrected chi connectivity index (χ3v) is 6.72. The zero-order valence-corrected chi connectivity index (χ0v) is 15.9. The van der Waals surface area contributed by atoms with E-state index in [4.69, 9.17) is 0 Å². The number of thioether (sulfide) groups is 1. The molecule has 1 saturated heterocycles. The second-order valence-electron chi connectivity index (χ2n) is 5.64. The Bertz CT molecular complexity index is 697. The second kappa shape index (κ2) is 9.08. The van der Waals surface area contributed by atoms with Crippen LogP contribution in [0.3, 0.4) is 0 Å². The molecule has 1 N–H and O–H groups in total. The maximum Gasteiger partial charge on any atom is 0.0724 e. The molecule has 1 unspecified atom stereocenters. The fourth-order valence-electron chi connectivity index (χ4n) is 2.65. The summed E-state index contributed by atoms with van der Waals surface area (Å²) in [5.41, 5.74) is 3.17. The van der Waals surface area contributed by atoms with Crippen molar-refractivity contribution in [3.63, 3.8) is 0 Å². The van der Waals surface area contributed by atoms with Crippen LogP contribution in [-0.2, 0) is 6.54 Å². The number of nitrogens with one attached hydrogen (secondary N) is 1. The van der Waals surface area contributed by atoms with Gasteiger partial charge in [0.1, 0.15) is 0 Å². The average molecular weight is 373 g/mol. The molecule has 0 bridgehead atoms. The Morgan fingerprint density at radius 3 is 2.60 bits per heavy atom. The summed E-state index contributed by atoms with van der Waals surface area (Å²) >= 11 is 2.02. The minimum absolute atomic E-state index is 0.223. The Morgan fingerprint density at radius 2 is 1.96 bits per heavy atom. The van der Waals surface area contributed by atoms with Crippen molar-refractivity contribution in [3.8, 4) is 0 Å². The van der Waals surface area contributed by atoms with E-state index in [1.54, 1.807) is 6.20 Å². The molecule has 1 aliphatic heterocycles. The molecule has 1 aromatic carbocycles. The normalized spacial score (nSPS) is 16.2. The van der Waals surface area contributed by atoms with Gasteiger partial charge in [-0.3, -0.25) is 4.98 Å². The van der Waals surface area contributed by atoms with Gasteiger partial charge >= 0.3 is 0 Å². The second-order valence-corrected chi connectivity index (χ2v) is 8.50. The summed E-state index contributed by atoms with van der Waals surface area (Å²) in [5, 5.41) is 3.06. The van der Waals surface area contributed by atoms with Crippen molar-refractivity contribution in [1.82, 2.24) is 9.29 Å². The van der Waals surface area contributed by atoms with Crippen LogP contribution in [0.2, 0.25) is 0 Å². The van der Waals surface area contributed by atoms with E-state index in [0.29, 0.717) is 0 Å². The highest BCUT2D eigenvalue weighted by molar-refractivity contribution is 8.13. The monoisotopic (exact) mass is 372 g/mol. The van der Waals surface area contributed by atoms with Crippen LogP contribution < -0.4 is 9.62 Å². The highest BCUT2D eigenvalue weighted by Crippen LogP contribution is 2.33. The molecule has 1 aromatic heterocycles. The molecular weight excluding hydrogens is 348 g/mol. The summed E-state index contributed by atoms with van der Waals surface area (Å²) < 4.78 is 4.84. The van der Waals surface area contributed by atoms with Crippen LogP contribution in [0.5, 0.6) is 0 Å². The molecule has 132 valence electrons. The van der Waals surface area contributed by atoms with Crippen molar-refractivity contribution >= 4 is 39.9 Å². The van der Waals surface area contributed by atoms with Gasteiger partial charge in [-0.15, -0.1) is 0 Å². The third-order valence-electron chi connectivity index (χ3n) is 3.97. The van der Waals surface area contributed by atoms with Crippen LogP contribution in [0.25, 0.3) is 0 Å². The summed E-state index contributed by atoms with van der Waals surface area (Å²) in [6, 6.07) is 14.6. The molecule has 2 heterocycles. The summed E-state index contributed by atoms with van der Waals surface area (Å²) in [6.45, 7) is 6.61. The van der Waals surface area contributed by atoms with Gasteiger partial charge in [-0.1, -0.05) is 24.8 Å². The van der Waals surface area contributed by atoms with Gasteiger partial charge in [0.25, 0.3) is 0 Å². The van der Waals surface area contributed by atoms with Crippen molar-refractivity contribution in [1.29, 1.82) is 0 Å². The molecule has 4 nitrogen and oxygen atoms in total. The van der Waals surface area contributed by atoms with Crippen LogP contribution >= 0.6 is 22.6 Å². The Balaban J connectivity index is 1.80. The minimum atomic E-state index is -0.223. The van der Waals surface area contributed by atoms with Crippen LogP contribution in [0, 0.1) is 0 Å². The first-order valence-corrected chi connectivity index (χ1v) is 10.8. The zero-order chi connectivity index (χ0) is 17.5. The smallest absolute Gasteiger partial charge is 0.0724 e. The minimum Gasteiger partial charge on any atom is -0.361 e. The van der Waals surface area contributed by atoms with E-state index in [-0.39, 0.29) is 10.9 Å². The van der Waals surface area contributed by atoms with E-state index in [1.165, 1.54) is 17.2 Å². The Hall–Kier alpha value is -1.76. The Labute approximate surface area is 157 Å². The van der Waals surface area contributed by atoms with E-state index >= 15 is 0 Å². The topological polar surface area (TPSA) is 31.4 Å². The number of aromatic nitrogens is 1. The molecule has 0 radical (unpaired) electrons. The lowest BCUT2D eigenvalue weighted by Crippen LogP contribution is -2.34. The van der Waals surface area contributed by atoms with Gasteiger partial charge in [-0.05, 0) is 47.2 Å². The molecule has 3 rings (SSSR count). The SMILES string of the molecule is C=CNc1ccc(CN(c2ccccc2)S(=C)N2CCSCC2)nc1. The van der Waals surface area contributed by atoms with Crippen molar-refractivity contribution in [2.45, 2.75) is 6.54 Å². The Kier molecular flexibility index (Phi) is 6.55. The number of pyridine rings is 1. The van der Waals surface area contributed by atoms with E-state index < -0.39 is 0 Å². The number of para-hydroxylation sites is 1. The zero-order valence-electron chi connectivity index (χ0n) is 14.3. The van der Waals surface area contributed by atoms with Gasteiger partial charge in [0.05, 0.1) is 24.1 Å². The van der Waals surface area contributed by atoms with E-state index in [0.717, 1.165) is 31.0 Å². The molecule has 2 aromatic rings. The fourth-order valence-corrected chi connectivity index (χ4v) is 5.31. The highest BCUT2D eigenvalue weighted by Gasteiger charge is 2.19. The molecule has 1 aliphatic rings. The number of nitrogens with zero attached hydrogens (tertiary/aromatic N) is 3. The highest BCUT2D eigenvalue weighted by atomic mass is 32.2. The van der Waals surface area contributed by atoms with Gasteiger partial charge in [-0.25, -0.2) is 4.31 Å². The van der Waals surface area contributed by atoms with Crippen molar-refractivity contribution in [2.24, 2.45) is 0 Å². The molecule has 0 amide bonds. The standard InChI is InChI=1S/C19H24N4S2/c1-3-20-17-9-10-18(21-15-17)16-23(19-7-5-4-6-8-19)25(2)22-11-13-24-14-12-22/h3-10,15,20H,1-2,11-14,16H2. The summed E-state index contributed by atoms with van der Waals surface area (Å²) in [4.78, 5) is 4.59. The van der Waals surface area contributed by atoms with Gasteiger partial charge in [0.2, 0.25) is 0 Å². The largest absolute Gasteiger partial charge is 0.361 e. The first kappa shape index (κ1) is 18.0. The van der Waals surface area contributed by atoms with Gasteiger partial charge in [0.15, 0.2) is 0 Å². The van der Waals surface area contributed by atoms with E-state index in [9.17, 15) is 0 Å². The van der Waals surface area contributed by atoms with E-state index in [2.05, 4.69) is 67.8 Å². The lowest BCUT2D eigenvalue weighted by atomic mass is 10.3. The molecular formula is C19H24N4S2. The molecule has 1 fully saturated rings. The maximum atomic E-state index is 4.59. The molecule has 6 heteroatoms. The van der Waals surface area contributed by atoms with Gasteiger partial charge in [-0.2, -0.15) is 11.8 Å². The molecule has 0 saturated carbocycles. The summed E-state index contributed by atoms with van der Waals surface area (Å²) in [5.74, 6) is 6.86. The van der Waals surface area contributed by atoms with Crippen LogP contribution in [0.4, 0.5) is 11.4 Å². The molecule has 0 aliphatic carbocycles. The number of rotatable bonds is 7. The fraction of sp³-hybridized carbons (Fsp3) is 0.263. The summed E-state index contributed by atoms with van der Waals surface area (Å²) in [7, 11) is -0.223. The van der Waals surface area contributed by atoms with Gasteiger partial charge in [0, 0.05) is 30.3 Å². The summed E-state index contributed by atoms with van der Waals surface area (Å²) in [6.07, 6.45) is 3.51. The predicted octanol–water partition coefficient (Wildman–Crippen LogP) is 4.22. The quantitative estimate of drug-likeness (QED) is 0.736. The number of anilines is 2. The van der Waals surface area contributed by atoms with Gasteiger partial charge < -0.3 is 9.62 Å².